The Labute approximate surface area is 142 Å². The van der Waals surface area contributed by atoms with Crippen LogP contribution in [-0.4, -0.2) is 6.61 Å². The van der Waals surface area contributed by atoms with Gasteiger partial charge in [-0.1, -0.05) is 35.9 Å². The van der Waals surface area contributed by atoms with Gasteiger partial charge < -0.3 is 10.1 Å². The fourth-order valence-corrected chi connectivity index (χ4v) is 4.06. The van der Waals surface area contributed by atoms with E-state index in [0.717, 1.165) is 17.2 Å². The highest BCUT2D eigenvalue weighted by Crippen LogP contribution is 2.50. The molecule has 0 saturated heterocycles. The molecule has 0 spiro atoms. The second-order valence-corrected chi connectivity index (χ2v) is 6.65. The van der Waals surface area contributed by atoms with Gasteiger partial charge in [-0.25, -0.2) is 0 Å². The number of halogens is 1. The molecule has 3 atom stereocenters. The van der Waals surface area contributed by atoms with Crippen LogP contribution in [0.15, 0.2) is 54.6 Å². The molecule has 0 bridgehead atoms. The molecular weight excluding hydrogens is 306 g/mol. The van der Waals surface area contributed by atoms with Gasteiger partial charge in [0.15, 0.2) is 0 Å². The molecule has 0 saturated carbocycles. The van der Waals surface area contributed by atoms with Crippen molar-refractivity contribution < 1.29 is 4.74 Å². The lowest BCUT2D eigenvalue weighted by atomic mass is 9.77. The van der Waals surface area contributed by atoms with Crippen LogP contribution in [0, 0.1) is 5.92 Å². The highest BCUT2D eigenvalue weighted by Gasteiger charge is 2.38. The SMILES string of the molecule is CCOc1ccc2c(c1)[C@@H]1C=CC[C@@H]1[C@H](c1cccc(Cl)c1)N2. The minimum atomic E-state index is 0.291. The van der Waals surface area contributed by atoms with Crippen molar-refractivity contribution in [2.24, 2.45) is 5.92 Å². The van der Waals surface area contributed by atoms with Crippen LogP contribution in [0.5, 0.6) is 5.75 Å². The van der Waals surface area contributed by atoms with Gasteiger partial charge in [-0.05, 0) is 60.7 Å². The first-order chi connectivity index (χ1) is 11.3. The van der Waals surface area contributed by atoms with E-state index in [4.69, 9.17) is 16.3 Å². The summed E-state index contributed by atoms with van der Waals surface area (Å²) in [5, 5.41) is 4.52. The third-order valence-corrected chi connectivity index (χ3v) is 5.09. The predicted molar refractivity (Wildman–Crippen MR) is 95.4 cm³/mol. The smallest absolute Gasteiger partial charge is 0.119 e. The molecule has 3 heteroatoms. The summed E-state index contributed by atoms with van der Waals surface area (Å²) in [5.41, 5.74) is 3.80. The molecule has 0 unspecified atom stereocenters. The number of nitrogens with one attached hydrogen (secondary N) is 1. The van der Waals surface area contributed by atoms with Crippen LogP contribution in [0.4, 0.5) is 5.69 Å². The lowest BCUT2D eigenvalue weighted by Gasteiger charge is -2.37. The number of hydrogen-bond acceptors (Lipinski definition) is 2. The Balaban J connectivity index is 1.74. The molecule has 1 aliphatic heterocycles. The summed E-state index contributed by atoms with van der Waals surface area (Å²) in [7, 11) is 0. The molecule has 2 aromatic carbocycles. The normalized spacial score (nSPS) is 24.7. The molecule has 0 amide bonds. The second kappa shape index (κ2) is 5.93. The van der Waals surface area contributed by atoms with E-state index in [1.54, 1.807) is 0 Å². The first-order valence-corrected chi connectivity index (χ1v) is 8.59. The van der Waals surface area contributed by atoms with Gasteiger partial charge in [0.05, 0.1) is 12.6 Å². The maximum atomic E-state index is 6.20. The topological polar surface area (TPSA) is 21.3 Å². The van der Waals surface area contributed by atoms with Crippen LogP contribution < -0.4 is 10.1 Å². The summed E-state index contributed by atoms with van der Waals surface area (Å²) in [6.45, 7) is 2.71. The molecule has 2 aliphatic rings. The Kier molecular flexibility index (Phi) is 3.78. The highest BCUT2D eigenvalue weighted by atomic mass is 35.5. The standard InChI is InChI=1S/C20H20ClNO/c1-2-23-15-9-10-19-18(12-15)16-7-4-8-17(16)20(22-19)13-5-3-6-14(21)11-13/h3-7,9-12,16-17,20,22H,2,8H2,1H3/t16-,17+,20+/m1/s1. The molecule has 118 valence electrons. The van der Waals surface area contributed by atoms with Crippen LogP contribution in [-0.2, 0) is 0 Å². The molecule has 1 heterocycles. The van der Waals surface area contributed by atoms with Gasteiger partial charge in [0, 0.05) is 16.6 Å². The maximum Gasteiger partial charge on any atom is 0.119 e. The quantitative estimate of drug-likeness (QED) is 0.745. The predicted octanol–water partition coefficient (Wildman–Crippen LogP) is 5.57. The molecule has 4 rings (SSSR count). The molecule has 0 radical (unpaired) electrons. The van der Waals surface area contributed by atoms with Crippen LogP contribution in [0.25, 0.3) is 0 Å². The average Bonchev–Trinajstić information content (AvgIpc) is 3.04. The summed E-state index contributed by atoms with van der Waals surface area (Å²) >= 11 is 6.20. The molecule has 23 heavy (non-hydrogen) atoms. The van der Waals surface area contributed by atoms with Crippen molar-refractivity contribution in [2.75, 3.05) is 11.9 Å². The fourth-order valence-electron chi connectivity index (χ4n) is 3.86. The van der Waals surface area contributed by atoms with E-state index in [1.807, 2.05) is 25.1 Å². The Morgan fingerprint density at radius 2 is 2.13 bits per heavy atom. The van der Waals surface area contributed by atoms with Crippen molar-refractivity contribution in [3.05, 3.63) is 70.8 Å². The number of hydrogen-bond donors (Lipinski definition) is 1. The van der Waals surface area contributed by atoms with Gasteiger partial charge in [0.1, 0.15) is 5.75 Å². The monoisotopic (exact) mass is 325 g/mol. The van der Waals surface area contributed by atoms with Crippen molar-refractivity contribution in [3.8, 4) is 5.75 Å². The van der Waals surface area contributed by atoms with Crippen molar-refractivity contribution in [2.45, 2.75) is 25.3 Å². The summed E-state index contributed by atoms with van der Waals surface area (Å²) in [5.74, 6) is 1.92. The van der Waals surface area contributed by atoms with Gasteiger partial charge in [-0.2, -0.15) is 0 Å². The van der Waals surface area contributed by atoms with Gasteiger partial charge in [-0.15, -0.1) is 0 Å². The lowest BCUT2D eigenvalue weighted by Crippen LogP contribution is -2.29. The third-order valence-electron chi connectivity index (χ3n) is 4.85. The Morgan fingerprint density at radius 3 is 2.96 bits per heavy atom. The number of ether oxygens (including phenoxy) is 1. The minimum absolute atomic E-state index is 0.291. The summed E-state index contributed by atoms with van der Waals surface area (Å²) in [4.78, 5) is 0. The van der Waals surface area contributed by atoms with E-state index in [-0.39, 0.29) is 0 Å². The van der Waals surface area contributed by atoms with E-state index in [1.165, 1.54) is 16.8 Å². The Morgan fingerprint density at radius 1 is 1.22 bits per heavy atom. The number of rotatable bonds is 3. The van der Waals surface area contributed by atoms with Crippen molar-refractivity contribution >= 4 is 17.3 Å². The van der Waals surface area contributed by atoms with E-state index >= 15 is 0 Å². The van der Waals surface area contributed by atoms with E-state index in [0.29, 0.717) is 24.5 Å². The molecule has 1 aliphatic carbocycles. The number of anilines is 1. The molecule has 1 N–H and O–H groups in total. The van der Waals surface area contributed by atoms with E-state index in [9.17, 15) is 0 Å². The summed E-state index contributed by atoms with van der Waals surface area (Å²) in [6.07, 6.45) is 5.74. The number of allylic oxidation sites excluding steroid dienone is 2. The Bertz CT molecular complexity index is 755. The number of fused-ring (bicyclic) bond motifs is 3. The van der Waals surface area contributed by atoms with Gasteiger partial charge >= 0.3 is 0 Å². The first kappa shape index (κ1) is 14.6. The average molecular weight is 326 g/mol. The Hall–Kier alpha value is -1.93. The molecule has 0 aromatic heterocycles. The zero-order valence-electron chi connectivity index (χ0n) is 13.1. The largest absolute Gasteiger partial charge is 0.494 e. The van der Waals surface area contributed by atoms with Crippen LogP contribution in [0.1, 0.15) is 36.4 Å². The second-order valence-electron chi connectivity index (χ2n) is 6.21. The van der Waals surface area contributed by atoms with E-state index in [2.05, 4.69) is 41.7 Å². The van der Waals surface area contributed by atoms with Crippen LogP contribution >= 0.6 is 11.6 Å². The van der Waals surface area contributed by atoms with Gasteiger partial charge in [0.2, 0.25) is 0 Å². The van der Waals surface area contributed by atoms with Crippen molar-refractivity contribution in [3.63, 3.8) is 0 Å². The summed E-state index contributed by atoms with van der Waals surface area (Å²) < 4.78 is 5.68. The molecule has 2 aromatic rings. The van der Waals surface area contributed by atoms with Crippen LogP contribution in [0.3, 0.4) is 0 Å². The van der Waals surface area contributed by atoms with E-state index < -0.39 is 0 Å². The van der Waals surface area contributed by atoms with Gasteiger partial charge in [0.25, 0.3) is 0 Å². The van der Waals surface area contributed by atoms with Crippen molar-refractivity contribution in [1.29, 1.82) is 0 Å². The summed E-state index contributed by atoms with van der Waals surface area (Å²) in [6, 6.07) is 14.9. The first-order valence-electron chi connectivity index (χ1n) is 8.21. The molecule has 0 fully saturated rings. The van der Waals surface area contributed by atoms with Gasteiger partial charge in [-0.3, -0.25) is 0 Å². The number of benzene rings is 2. The maximum absolute atomic E-state index is 6.20. The van der Waals surface area contributed by atoms with Crippen LogP contribution in [0.2, 0.25) is 5.02 Å². The lowest BCUT2D eigenvalue weighted by molar-refractivity contribution is 0.338. The highest BCUT2D eigenvalue weighted by molar-refractivity contribution is 6.30. The van der Waals surface area contributed by atoms with Crippen molar-refractivity contribution in [1.82, 2.24) is 0 Å². The zero-order chi connectivity index (χ0) is 15.8. The minimum Gasteiger partial charge on any atom is -0.494 e. The fraction of sp³-hybridized carbons (Fsp3) is 0.300. The molecular formula is C20H20ClNO. The zero-order valence-corrected chi connectivity index (χ0v) is 13.9. The third kappa shape index (κ3) is 2.61. The molecule has 2 nitrogen and oxygen atoms in total.